The van der Waals surface area contributed by atoms with Crippen LogP contribution in [0.3, 0.4) is 0 Å². The molecule has 0 aromatic carbocycles. The molecule has 0 aromatic heterocycles. The highest BCUT2D eigenvalue weighted by Crippen LogP contribution is 2.01. The molecule has 0 bridgehead atoms. The van der Waals surface area contributed by atoms with Gasteiger partial charge in [-0.15, -0.1) is 0 Å². The molecule has 0 heterocycles. The monoisotopic (exact) mass is 202 g/mol. The van der Waals surface area contributed by atoms with Crippen LogP contribution in [0.4, 0.5) is 4.79 Å². The molecular formula is C9H18N2O3. The fraction of sp³-hybridized carbons (Fsp3) is 0.778. The first-order valence-corrected chi connectivity index (χ1v) is 4.64. The van der Waals surface area contributed by atoms with Crippen LogP contribution in [0.25, 0.3) is 0 Å². The van der Waals surface area contributed by atoms with E-state index >= 15 is 0 Å². The number of carbonyl (C=O) groups excluding carboxylic acids is 1. The smallest absolute Gasteiger partial charge is 0.326 e. The average molecular weight is 202 g/mol. The van der Waals surface area contributed by atoms with Crippen molar-refractivity contribution in [2.45, 2.75) is 39.8 Å². The minimum atomic E-state index is -1.01. The number of nitrogens with one attached hydrogen (secondary N) is 2. The molecule has 0 rings (SSSR count). The van der Waals surface area contributed by atoms with Crippen molar-refractivity contribution in [3.05, 3.63) is 0 Å². The van der Waals surface area contributed by atoms with Gasteiger partial charge in [-0.25, -0.2) is 9.59 Å². The number of amides is 2. The second-order valence-corrected chi connectivity index (χ2v) is 3.83. The van der Waals surface area contributed by atoms with Gasteiger partial charge in [-0.1, -0.05) is 13.8 Å². The van der Waals surface area contributed by atoms with Gasteiger partial charge in [-0.05, 0) is 19.8 Å². The van der Waals surface area contributed by atoms with Crippen LogP contribution >= 0.6 is 0 Å². The summed E-state index contributed by atoms with van der Waals surface area (Å²) >= 11 is 0. The van der Waals surface area contributed by atoms with Crippen LogP contribution < -0.4 is 10.6 Å². The number of hydrogen-bond acceptors (Lipinski definition) is 2. The molecule has 0 radical (unpaired) electrons. The molecule has 0 saturated heterocycles. The first-order valence-electron chi connectivity index (χ1n) is 4.64. The minimum Gasteiger partial charge on any atom is -0.480 e. The lowest BCUT2D eigenvalue weighted by atomic mass is 10.1. The van der Waals surface area contributed by atoms with Crippen LogP contribution in [0.15, 0.2) is 0 Å². The quantitative estimate of drug-likeness (QED) is 0.631. The Morgan fingerprint density at radius 2 is 1.57 bits per heavy atom. The van der Waals surface area contributed by atoms with Gasteiger partial charge < -0.3 is 15.7 Å². The maximum atomic E-state index is 11.2. The molecule has 0 spiro atoms. The molecule has 0 aliphatic carbocycles. The zero-order valence-corrected chi connectivity index (χ0v) is 9.00. The van der Waals surface area contributed by atoms with E-state index < -0.39 is 18.0 Å². The summed E-state index contributed by atoms with van der Waals surface area (Å²) in [7, 11) is 0. The number of carbonyl (C=O) groups is 2. The Labute approximate surface area is 83.9 Å². The lowest BCUT2D eigenvalue weighted by Gasteiger charge is -2.19. The standard InChI is InChI=1S/C9H18N2O3/c1-5(2)7(8(12)13)11-9(14)10-6(3)4/h5-7H,1-4H3,(H,12,13)(H2,10,11,14)/t7-/m0/s1. The van der Waals surface area contributed by atoms with Crippen LogP contribution in [-0.2, 0) is 4.79 Å². The van der Waals surface area contributed by atoms with Crippen molar-refractivity contribution in [2.24, 2.45) is 5.92 Å². The largest absolute Gasteiger partial charge is 0.480 e. The van der Waals surface area contributed by atoms with Crippen molar-refractivity contribution in [3.63, 3.8) is 0 Å². The molecule has 5 heteroatoms. The van der Waals surface area contributed by atoms with Crippen molar-refractivity contribution in [3.8, 4) is 0 Å². The Bertz CT molecular complexity index is 214. The predicted octanol–water partition coefficient (Wildman–Crippen LogP) is 0.803. The molecule has 82 valence electrons. The number of aliphatic carboxylic acids is 1. The summed E-state index contributed by atoms with van der Waals surface area (Å²) in [4.78, 5) is 21.9. The van der Waals surface area contributed by atoms with E-state index in [0.29, 0.717) is 0 Å². The zero-order chi connectivity index (χ0) is 11.3. The highest BCUT2D eigenvalue weighted by atomic mass is 16.4. The molecule has 3 N–H and O–H groups in total. The highest BCUT2D eigenvalue weighted by molar-refractivity contribution is 5.82. The molecule has 0 aliphatic rings. The SMILES string of the molecule is CC(C)NC(=O)N[C@H](C(=O)O)C(C)C. The van der Waals surface area contributed by atoms with Gasteiger partial charge in [-0.2, -0.15) is 0 Å². The minimum absolute atomic E-state index is 0.00314. The Morgan fingerprint density at radius 1 is 1.07 bits per heavy atom. The van der Waals surface area contributed by atoms with Crippen molar-refractivity contribution >= 4 is 12.0 Å². The molecular weight excluding hydrogens is 184 g/mol. The molecule has 14 heavy (non-hydrogen) atoms. The summed E-state index contributed by atoms with van der Waals surface area (Å²) in [6, 6.07) is -1.29. The third-order valence-electron chi connectivity index (χ3n) is 1.64. The summed E-state index contributed by atoms with van der Waals surface area (Å²) in [5.41, 5.74) is 0. The third kappa shape index (κ3) is 4.69. The first-order chi connectivity index (χ1) is 6.34. The second-order valence-electron chi connectivity index (χ2n) is 3.83. The fourth-order valence-electron chi connectivity index (χ4n) is 0.959. The number of carboxylic acids is 1. The Kier molecular flexibility index (Phi) is 4.97. The van der Waals surface area contributed by atoms with Crippen LogP contribution in [0, 0.1) is 5.92 Å². The van der Waals surface area contributed by atoms with Crippen molar-refractivity contribution in [1.82, 2.24) is 10.6 Å². The normalized spacial score (nSPS) is 12.7. The van der Waals surface area contributed by atoms with Crippen molar-refractivity contribution < 1.29 is 14.7 Å². The van der Waals surface area contributed by atoms with Crippen molar-refractivity contribution in [1.29, 1.82) is 0 Å². The summed E-state index contributed by atoms with van der Waals surface area (Å²) in [5.74, 6) is -1.15. The van der Waals surface area contributed by atoms with E-state index in [1.165, 1.54) is 0 Å². The van der Waals surface area contributed by atoms with Gasteiger partial charge in [0.25, 0.3) is 0 Å². The molecule has 1 atom stereocenters. The van der Waals surface area contributed by atoms with Gasteiger partial charge in [0.1, 0.15) is 6.04 Å². The summed E-state index contributed by atoms with van der Waals surface area (Å²) in [6.45, 7) is 7.11. The van der Waals surface area contributed by atoms with E-state index in [-0.39, 0.29) is 12.0 Å². The Morgan fingerprint density at radius 3 is 1.86 bits per heavy atom. The van der Waals surface area contributed by atoms with E-state index in [1.54, 1.807) is 13.8 Å². The molecule has 0 saturated carbocycles. The highest BCUT2D eigenvalue weighted by Gasteiger charge is 2.23. The maximum absolute atomic E-state index is 11.2. The first kappa shape index (κ1) is 12.7. The van der Waals surface area contributed by atoms with E-state index in [0.717, 1.165) is 0 Å². The van der Waals surface area contributed by atoms with Gasteiger partial charge >= 0.3 is 12.0 Å². The molecule has 0 fully saturated rings. The van der Waals surface area contributed by atoms with Crippen molar-refractivity contribution in [2.75, 3.05) is 0 Å². The number of rotatable bonds is 4. The predicted molar refractivity (Wildman–Crippen MR) is 53.1 cm³/mol. The average Bonchev–Trinajstić information content (AvgIpc) is 1.97. The molecule has 5 nitrogen and oxygen atoms in total. The zero-order valence-electron chi connectivity index (χ0n) is 9.00. The topological polar surface area (TPSA) is 78.4 Å². The maximum Gasteiger partial charge on any atom is 0.326 e. The van der Waals surface area contributed by atoms with Crippen LogP contribution in [-0.4, -0.2) is 29.2 Å². The number of carboxylic acid groups (broad SMARTS) is 1. The summed E-state index contributed by atoms with van der Waals surface area (Å²) < 4.78 is 0. The molecule has 2 amide bonds. The molecule has 0 aliphatic heterocycles. The Balaban J connectivity index is 4.17. The number of urea groups is 1. The van der Waals surface area contributed by atoms with E-state index in [2.05, 4.69) is 10.6 Å². The summed E-state index contributed by atoms with van der Waals surface area (Å²) in [6.07, 6.45) is 0. The fourth-order valence-corrected chi connectivity index (χ4v) is 0.959. The van der Waals surface area contributed by atoms with E-state index in [9.17, 15) is 9.59 Å². The second kappa shape index (κ2) is 5.47. The lowest BCUT2D eigenvalue weighted by Crippen LogP contribution is -2.50. The van der Waals surface area contributed by atoms with Gasteiger partial charge in [0, 0.05) is 6.04 Å². The van der Waals surface area contributed by atoms with Gasteiger partial charge in [0.05, 0.1) is 0 Å². The van der Waals surface area contributed by atoms with Crippen LogP contribution in [0.5, 0.6) is 0 Å². The van der Waals surface area contributed by atoms with E-state index in [1.807, 2.05) is 13.8 Å². The van der Waals surface area contributed by atoms with Gasteiger partial charge in [0.15, 0.2) is 0 Å². The van der Waals surface area contributed by atoms with Crippen LogP contribution in [0.2, 0.25) is 0 Å². The lowest BCUT2D eigenvalue weighted by molar-refractivity contribution is -0.140. The molecule has 0 unspecified atom stereocenters. The number of hydrogen-bond donors (Lipinski definition) is 3. The van der Waals surface area contributed by atoms with Gasteiger partial charge in [0.2, 0.25) is 0 Å². The van der Waals surface area contributed by atoms with E-state index in [4.69, 9.17) is 5.11 Å². The summed E-state index contributed by atoms with van der Waals surface area (Å²) in [5, 5.41) is 13.8. The Hall–Kier alpha value is -1.26. The van der Waals surface area contributed by atoms with Gasteiger partial charge in [-0.3, -0.25) is 0 Å². The molecule has 0 aromatic rings. The van der Waals surface area contributed by atoms with Crippen LogP contribution in [0.1, 0.15) is 27.7 Å². The third-order valence-corrected chi connectivity index (χ3v) is 1.64.